The molecular weight excluding hydrogens is 198 g/mol. The van der Waals surface area contributed by atoms with Crippen LogP contribution in [-0.2, 0) is 6.42 Å². The van der Waals surface area contributed by atoms with Crippen LogP contribution in [0, 0.1) is 17.0 Å². The molecular formula is C10H11NO4. The molecule has 0 unspecified atom stereocenters. The SMILES string of the molecule is CCc1ccc(C(=O)O)c([N+](=O)[O-])c1C. The molecule has 0 bridgehead atoms. The molecule has 0 spiro atoms. The van der Waals surface area contributed by atoms with Gasteiger partial charge in [-0.05, 0) is 25.0 Å². The monoisotopic (exact) mass is 209 g/mol. The average Bonchev–Trinajstić information content (AvgIpc) is 2.16. The van der Waals surface area contributed by atoms with Gasteiger partial charge in [-0.25, -0.2) is 4.79 Å². The molecule has 15 heavy (non-hydrogen) atoms. The Morgan fingerprint density at radius 2 is 2.13 bits per heavy atom. The number of carboxylic acids is 1. The van der Waals surface area contributed by atoms with E-state index in [1.807, 2.05) is 6.92 Å². The van der Waals surface area contributed by atoms with Crippen LogP contribution in [0.2, 0.25) is 0 Å². The molecule has 0 heterocycles. The van der Waals surface area contributed by atoms with Crippen molar-refractivity contribution in [1.29, 1.82) is 0 Å². The molecule has 0 fully saturated rings. The third kappa shape index (κ3) is 1.96. The van der Waals surface area contributed by atoms with Crippen LogP contribution >= 0.6 is 0 Å². The van der Waals surface area contributed by atoms with Gasteiger partial charge in [0, 0.05) is 5.56 Å². The van der Waals surface area contributed by atoms with Crippen molar-refractivity contribution in [3.63, 3.8) is 0 Å². The Hall–Kier alpha value is -1.91. The van der Waals surface area contributed by atoms with Gasteiger partial charge in [-0.2, -0.15) is 0 Å². The van der Waals surface area contributed by atoms with Gasteiger partial charge in [0.25, 0.3) is 5.69 Å². The molecule has 0 amide bonds. The van der Waals surface area contributed by atoms with Gasteiger partial charge in [-0.3, -0.25) is 10.1 Å². The van der Waals surface area contributed by atoms with Gasteiger partial charge in [0.1, 0.15) is 5.56 Å². The maximum absolute atomic E-state index is 10.8. The summed E-state index contributed by atoms with van der Waals surface area (Å²) in [5.41, 5.74) is 0.672. The summed E-state index contributed by atoms with van der Waals surface area (Å²) in [5, 5.41) is 19.6. The summed E-state index contributed by atoms with van der Waals surface area (Å²) in [7, 11) is 0. The van der Waals surface area contributed by atoms with Crippen LogP contribution in [0.15, 0.2) is 12.1 Å². The molecule has 0 radical (unpaired) electrons. The summed E-state index contributed by atoms with van der Waals surface area (Å²) in [6, 6.07) is 2.90. The second-order valence-corrected chi connectivity index (χ2v) is 3.16. The first-order valence-electron chi connectivity index (χ1n) is 4.49. The standard InChI is InChI=1S/C10H11NO4/c1-3-7-4-5-8(10(12)13)9(6(7)2)11(14)15/h4-5H,3H2,1-2H3,(H,12,13). The summed E-state index contributed by atoms with van der Waals surface area (Å²) in [5.74, 6) is -1.27. The van der Waals surface area contributed by atoms with E-state index >= 15 is 0 Å². The van der Waals surface area contributed by atoms with Crippen LogP contribution in [0.4, 0.5) is 5.69 Å². The smallest absolute Gasteiger partial charge is 0.342 e. The topological polar surface area (TPSA) is 80.4 Å². The lowest BCUT2D eigenvalue weighted by molar-refractivity contribution is -0.385. The van der Waals surface area contributed by atoms with Crippen molar-refractivity contribution in [2.75, 3.05) is 0 Å². The van der Waals surface area contributed by atoms with Crippen LogP contribution in [-0.4, -0.2) is 16.0 Å². The lowest BCUT2D eigenvalue weighted by atomic mass is 10.0. The average molecular weight is 209 g/mol. The van der Waals surface area contributed by atoms with Gasteiger partial charge in [0.05, 0.1) is 4.92 Å². The van der Waals surface area contributed by atoms with Gasteiger partial charge in [-0.15, -0.1) is 0 Å². The number of carbonyl (C=O) groups is 1. The predicted molar refractivity (Wildman–Crippen MR) is 54.2 cm³/mol. The quantitative estimate of drug-likeness (QED) is 0.611. The minimum Gasteiger partial charge on any atom is -0.477 e. The van der Waals surface area contributed by atoms with Crippen molar-refractivity contribution in [3.05, 3.63) is 38.9 Å². The maximum atomic E-state index is 10.8. The number of nitro groups is 1. The number of nitrogens with zero attached hydrogens (tertiary/aromatic N) is 1. The molecule has 1 aromatic rings. The molecule has 0 aliphatic rings. The highest BCUT2D eigenvalue weighted by Gasteiger charge is 2.23. The van der Waals surface area contributed by atoms with E-state index in [9.17, 15) is 14.9 Å². The van der Waals surface area contributed by atoms with Gasteiger partial charge >= 0.3 is 5.97 Å². The summed E-state index contributed by atoms with van der Waals surface area (Å²) in [4.78, 5) is 20.9. The van der Waals surface area contributed by atoms with Crippen LogP contribution in [0.1, 0.15) is 28.4 Å². The fourth-order valence-corrected chi connectivity index (χ4v) is 1.53. The lowest BCUT2D eigenvalue weighted by Crippen LogP contribution is -2.06. The maximum Gasteiger partial charge on any atom is 0.342 e. The zero-order valence-corrected chi connectivity index (χ0v) is 8.48. The van der Waals surface area contributed by atoms with E-state index in [2.05, 4.69) is 0 Å². The van der Waals surface area contributed by atoms with Crippen molar-refractivity contribution in [1.82, 2.24) is 0 Å². The molecule has 1 N–H and O–H groups in total. The Morgan fingerprint density at radius 3 is 2.53 bits per heavy atom. The van der Waals surface area contributed by atoms with E-state index in [0.29, 0.717) is 12.0 Å². The Morgan fingerprint density at radius 1 is 1.53 bits per heavy atom. The zero-order chi connectivity index (χ0) is 11.6. The van der Waals surface area contributed by atoms with Gasteiger partial charge < -0.3 is 5.11 Å². The second-order valence-electron chi connectivity index (χ2n) is 3.16. The number of hydrogen-bond donors (Lipinski definition) is 1. The first-order chi connectivity index (χ1) is 6.99. The summed E-state index contributed by atoms with van der Waals surface area (Å²) >= 11 is 0. The van der Waals surface area contributed by atoms with Crippen molar-refractivity contribution in [3.8, 4) is 0 Å². The number of hydrogen-bond acceptors (Lipinski definition) is 3. The van der Waals surface area contributed by atoms with Crippen LogP contribution in [0.25, 0.3) is 0 Å². The van der Waals surface area contributed by atoms with Gasteiger partial charge in [-0.1, -0.05) is 13.0 Å². The van der Waals surface area contributed by atoms with Crippen LogP contribution in [0.3, 0.4) is 0 Å². The highest BCUT2D eigenvalue weighted by atomic mass is 16.6. The number of rotatable bonds is 3. The highest BCUT2D eigenvalue weighted by molar-refractivity contribution is 5.93. The Labute approximate surface area is 86.5 Å². The predicted octanol–water partition coefficient (Wildman–Crippen LogP) is 2.16. The highest BCUT2D eigenvalue weighted by Crippen LogP contribution is 2.26. The lowest BCUT2D eigenvalue weighted by Gasteiger charge is -2.05. The number of benzene rings is 1. The van der Waals surface area contributed by atoms with Gasteiger partial charge in [0.2, 0.25) is 0 Å². The summed E-state index contributed by atoms with van der Waals surface area (Å²) in [6.07, 6.45) is 0.645. The normalized spacial score (nSPS) is 10.0. The molecule has 0 saturated carbocycles. The Bertz CT molecular complexity index is 426. The molecule has 1 rings (SSSR count). The van der Waals surface area contributed by atoms with E-state index in [1.165, 1.54) is 6.07 Å². The fraction of sp³-hybridized carbons (Fsp3) is 0.300. The molecule has 0 aliphatic carbocycles. The van der Waals surface area contributed by atoms with E-state index in [1.54, 1.807) is 13.0 Å². The minimum atomic E-state index is -1.27. The third-order valence-electron chi connectivity index (χ3n) is 2.34. The third-order valence-corrected chi connectivity index (χ3v) is 2.34. The molecule has 0 saturated heterocycles. The first-order valence-corrected chi connectivity index (χ1v) is 4.49. The molecule has 0 atom stereocenters. The molecule has 1 aromatic carbocycles. The number of aryl methyl sites for hydroxylation is 1. The number of nitro benzene ring substituents is 1. The second kappa shape index (κ2) is 4.08. The van der Waals surface area contributed by atoms with Crippen molar-refractivity contribution >= 4 is 11.7 Å². The van der Waals surface area contributed by atoms with Crippen molar-refractivity contribution < 1.29 is 14.8 Å². The van der Waals surface area contributed by atoms with E-state index < -0.39 is 10.9 Å². The number of carboxylic acid groups (broad SMARTS) is 1. The van der Waals surface area contributed by atoms with E-state index in [4.69, 9.17) is 5.11 Å². The van der Waals surface area contributed by atoms with Crippen molar-refractivity contribution in [2.24, 2.45) is 0 Å². The zero-order valence-electron chi connectivity index (χ0n) is 8.48. The summed E-state index contributed by atoms with van der Waals surface area (Å²) in [6.45, 7) is 3.44. The summed E-state index contributed by atoms with van der Waals surface area (Å²) < 4.78 is 0. The van der Waals surface area contributed by atoms with E-state index in [0.717, 1.165) is 5.56 Å². The van der Waals surface area contributed by atoms with Gasteiger partial charge in [0.15, 0.2) is 0 Å². The van der Waals surface area contributed by atoms with Crippen molar-refractivity contribution in [2.45, 2.75) is 20.3 Å². The van der Waals surface area contributed by atoms with Crippen LogP contribution in [0.5, 0.6) is 0 Å². The number of aromatic carboxylic acids is 1. The molecule has 80 valence electrons. The molecule has 5 heteroatoms. The van der Waals surface area contributed by atoms with E-state index in [-0.39, 0.29) is 11.3 Å². The first kappa shape index (κ1) is 11.2. The molecule has 0 aromatic heterocycles. The fourth-order valence-electron chi connectivity index (χ4n) is 1.53. The Kier molecular flexibility index (Phi) is 3.04. The minimum absolute atomic E-state index is 0.255. The largest absolute Gasteiger partial charge is 0.477 e. The van der Waals surface area contributed by atoms with Crippen LogP contribution < -0.4 is 0 Å². The molecule has 5 nitrogen and oxygen atoms in total. The molecule has 0 aliphatic heterocycles. The Balaban J connectivity index is 3.51.